The summed E-state index contributed by atoms with van der Waals surface area (Å²) in [5.74, 6) is -0.226. The summed E-state index contributed by atoms with van der Waals surface area (Å²) in [4.78, 5) is 39.3. The number of nitrogens with zero attached hydrogens (tertiary/aromatic N) is 2. The first-order chi connectivity index (χ1) is 20.8. The Morgan fingerprint density at radius 2 is 1.72 bits per heavy atom. The number of hydrogen-bond acceptors (Lipinski definition) is 8. The minimum atomic E-state index is -0.716. The van der Waals surface area contributed by atoms with Crippen molar-refractivity contribution in [3.63, 3.8) is 0 Å². The van der Waals surface area contributed by atoms with Crippen molar-refractivity contribution in [2.24, 2.45) is 5.10 Å². The minimum absolute atomic E-state index is 0.130. The van der Waals surface area contributed by atoms with Gasteiger partial charge in [-0.3, -0.25) is 14.9 Å². The molecule has 11 nitrogen and oxygen atoms in total. The fraction of sp³-hybridized carbons (Fsp3) is 0.0645. The van der Waals surface area contributed by atoms with E-state index < -0.39 is 16.8 Å². The number of hydrogen-bond donors (Lipinski definition) is 2. The van der Waals surface area contributed by atoms with E-state index in [9.17, 15) is 19.7 Å². The summed E-state index contributed by atoms with van der Waals surface area (Å²) in [6.45, 7) is 0. The molecule has 0 fully saturated rings. The third kappa shape index (κ3) is 6.16. The number of methoxy groups -OCH3 is 2. The number of carbonyl (C=O) groups is 2. The largest absolute Gasteiger partial charge is 0.497 e. The van der Waals surface area contributed by atoms with Gasteiger partial charge in [0.05, 0.1) is 30.9 Å². The molecule has 216 valence electrons. The normalized spacial score (nSPS) is 11.0. The fourth-order valence-electron chi connectivity index (χ4n) is 4.36. The number of fused-ring (bicyclic) bond motifs is 1. The van der Waals surface area contributed by atoms with Crippen LogP contribution in [0.1, 0.15) is 26.4 Å². The lowest BCUT2D eigenvalue weighted by Crippen LogP contribution is -2.19. The van der Waals surface area contributed by atoms with Crippen molar-refractivity contribution in [2.75, 3.05) is 14.2 Å². The predicted octanol–water partition coefficient (Wildman–Crippen LogP) is 6.40. The Morgan fingerprint density at radius 3 is 2.42 bits per heavy atom. The quantitative estimate of drug-likeness (QED) is 0.0656. The Morgan fingerprint density at radius 1 is 0.953 bits per heavy atom. The van der Waals surface area contributed by atoms with Gasteiger partial charge in [-0.25, -0.2) is 10.2 Å². The average Bonchev–Trinajstić information content (AvgIpc) is 3.40. The summed E-state index contributed by atoms with van der Waals surface area (Å²) in [5.41, 5.74) is 5.32. The van der Waals surface area contributed by atoms with E-state index in [0.717, 1.165) is 5.39 Å². The van der Waals surface area contributed by atoms with Crippen molar-refractivity contribution in [1.29, 1.82) is 0 Å². The maximum atomic E-state index is 13.3. The predicted molar refractivity (Wildman–Crippen MR) is 161 cm³/mol. The summed E-state index contributed by atoms with van der Waals surface area (Å²) in [5, 5.41) is 16.2. The van der Waals surface area contributed by atoms with Crippen LogP contribution in [0.3, 0.4) is 0 Å². The Balaban J connectivity index is 1.35. The summed E-state index contributed by atoms with van der Waals surface area (Å²) >= 11 is 6.50. The molecule has 0 atom stereocenters. The van der Waals surface area contributed by atoms with Crippen LogP contribution in [-0.2, 0) is 0 Å². The van der Waals surface area contributed by atoms with Gasteiger partial charge in [-0.2, -0.15) is 5.10 Å². The Labute approximate surface area is 249 Å². The molecular weight excluding hydrogens is 576 g/mol. The van der Waals surface area contributed by atoms with Crippen LogP contribution in [0.4, 0.5) is 5.69 Å². The first-order valence-corrected chi connectivity index (χ1v) is 13.1. The summed E-state index contributed by atoms with van der Waals surface area (Å²) in [7, 11) is 2.97. The summed E-state index contributed by atoms with van der Waals surface area (Å²) < 4.78 is 16.2. The molecule has 2 N–H and O–H groups in total. The standard InChI is InChI=1S/C31H23ClN4O7/c1-41-21-12-13-25-23(16-21)28(22-5-3-4-6-24(22)32)29(34-25)30(37)35-33-17-18-7-14-26(27(15-18)42-2)43-31(38)19-8-10-20(11-9-19)36(39)40/h3-17,34H,1-2H3,(H,35,37). The molecule has 0 bridgehead atoms. The molecule has 0 saturated carbocycles. The lowest BCUT2D eigenvalue weighted by Gasteiger charge is -2.10. The molecule has 0 unspecified atom stereocenters. The van der Waals surface area contributed by atoms with Gasteiger partial charge in [-0.05, 0) is 60.2 Å². The van der Waals surface area contributed by atoms with E-state index >= 15 is 0 Å². The van der Waals surface area contributed by atoms with Crippen molar-refractivity contribution >= 4 is 46.3 Å². The Kier molecular flexibility index (Phi) is 8.35. The molecule has 5 rings (SSSR count). The molecule has 1 aromatic heterocycles. The van der Waals surface area contributed by atoms with E-state index in [1.54, 1.807) is 31.4 Å². The number of esters is 1. The third-order valence-corrected chi connectivity index (χ3v) is 6.79. The molecule has 5 aromatic rings. The van der Waals surface area contributed by atoms with Gasteiger partial charge in [-0.15, -0.1) is 0 Å². The highest BCUT2D eigenvalue weighted by molar-refractivity contribution is 6.34. The monoisotopic (exact) mass is 598 g/mol. The van der Waals surface area contributed by atoms with E-state index in [0.29, 0.717) is 33.0 Å². The number of non-ortho nitro benzene ring substituents is 1. The highest BCUT2D eigenvalue weighted by Gasteiger charge is 2.21. The first kappa shape index (κ1) is 28.8. The number of ether oxygens (including phenoxy) is 3. The van der Waals surface area contributed by atoms with Gasteiger partial charge in [0.15, 0.2) is 11.5 Å². The van der Waals surface area contributed by atoms with Crippen LogP contribution in [0.5, 0.6) is 17.2 Å². The highest BCUT2D eigenvalue weighted by Crippen LogP contribution is 2.38. The molecule has 0 aliphatic rings. The number of nitrogens with one attached hydrogen (secondary N) is 2. The van der Waals surface area contributed by atoms with Crippen LogP contribution < -0.4 is 19.6 Å². The van der Waals surface area contributed by atoms with Gasteiger partial charge in [0.2, 0.25) is 0 Å². The average molecular weight is 599 g/mol. The van der Waals surface area contributed by atoms with E-state index in [-0.39, 0.29) is 28.4 Å². The highest BCUT2D eigenvalue weighted by atomic mass is 35.5. The maximum absolute atomic E-state index is 13.3. The topological polar surface area (TPSA) is 145 Å². The lowest BCUT2D eigenvalue weighted by molar-refractivity contribution is -0.384. The van der Waals surface area contributed by atoms with Crippen LogP contribution in [0, 0.1) is 10.1 Å². The van der Waals surface area contributed by atoms with E-state index in [2.05, 4.69) is 15.5 Å². The number of benzene rings is 4. The zero-order valence-electron chi connectivity index (χ0n) is 22.8. The summed E-state index contributed by atoms with van der Waals surface area (Å²) in [6, 6.07) is 22.4. The molecule has 0 aliphatic heterocycles. The maximum Gasteiger partial charge on any atom is 0.343 e. The first-order valence-electron chi connectivity index (χ1n) is 12.7. The van der Waals surface area contributed by atoms with Crippen LogP contribution in [0.25, 0.3) is 22.0 Å². The smallest absolute Gasteiger partial charge is 0.343 e. The van der Waals surface area contributed by atoms with Crippen LogP contribution in [-0.4, -0.2) is 42.2 Å². The van der Waals surface area contributed by atoms with Crippen LogP contribution in [0.15, 0.2) is 90.0 Å². The molecule has 0 radical (unpaired) electrons. The second-order valence-corrected chi connectivity index (χ2v) is 9.48. The van der Waals surface area contributed by atoms with Gasteiger partial charge < -0.3 is 19.2 Å². The molecule has 1 amide bonds. The van der Waals surface area contributed by atoms with Crippen LogP contribution >= 0.6 is 11.6 Å². The number of carbonyl (C=O) groups excluding carboxylic acids is 2. The fourth-order valence-corrected chi connectivity index (χ4v) is 4.59. The molecule has 0 saturated heterocycles. The summed E-state index contributed by atoms with van der Waals surface area (Å²) in [6.07, 6.45) is 1.41. The molecule has 12 heteroatoms. The lowest BCUT2D eigenvalue weighted by atomic mass is 10.0. The molecule has 0 spiro atoms. The number of H-pyrrole nitrogens is 1. The van der Waals surface area contributed by atoms with Gasteiger partial charge in [-0.1, -0.05) is 29.8 Å². The zero-order valence-corrected chi connectivity index (χ0v) is 23.5. The number of amides is 1. The van der Waals surface area contributed by atoms with Gasteiger partial charge in [0.1, 0.15) is 11.4 Å². The van der Waals surface area contributed by atoms with E-state index in [1.807, 2.05) is 30.3 Å². The van der Waals surface area contributed by atoms with E-state index in [1.165, 1.54) is 43.7 Å². The SMILES string of the molecule is COc1ccc2[nH]c(C(=O)NN=Cc3ccc(OC(=O)c4ccc([N+](=O)[O-])cc4)c(OC)c3)c(-c3ccccc3Cl)c2c1. The molecular formula is C31H23ClN4O7. The number of hydrazone groups is 1. The number of nitro benzene ring substituents is 1. The molecule has 1 heterocycles. The number of aromatic amines is 1. The van der Waals surface area contributed by atoms with Crippen LogP contribution in [0.2, 0.25) is 5.02 Å². The molecule has 4 aromatic carbocycles. The Bertz CT molecular complexity index is 1880. The number of aromatic nitrogens is 1. The van der Waals surface area contributed by atoms with Crippen molar-refractivity contribution in [2.45, 2.75) is 0 Å². The van der Waals surface area contributed by atoms with Crippen molar-refractivity contribution < 1.29 is 28.7 Å². The Hall–Kier alpha value is -5.68. The van der Waals surface area contributed by atoms with E-state index in [4.69, 9.17) is 25.8 Å². The molecule has 0 aliphatic carbocycles. The minimum Gasteiger partial charge on any atom is -0.497 e. The second-order valence-electron chi connectivity index (χ2n) is 9.07. The van der Waals surface area contributed by atoms with Gasteiger partial charge >= 0.3 is 5.97 Å². The number of nitro groups is 1. The van der Waals surface area contributed by atoms with Crippen molar-refractivity contribution in [1.82, 2.24) is 10.4 Å². The molecule has 43 heavy (non-hydrogen) atoms. The zero-order chi connectivity index (χ0) is 30.5. The number of halogens is 1. The van der Waals surface area contributed by atoms with Gasteiger partial charge in [0, 0.05) is 39.2 Å². The number of rotatable bonds is 9. The third-order valence-electron chi connectivity index (χ3n) is 6.46. The van der Waals surface area contributed by atoms with Crippen molar-refractivity contribution in [3.05, 3.63) is 117 Å². The second kappa shape index (κ2) is 12.5. The van der Waals surface area contributed by atoms with Gasteiger partial charge in [0.25, 0.3) is 11.6 Å². The van der Waals surface area contributed by atoms with Crippen molar-refractivity contribution in [3.8, 4) is 28.4 Å².